The first-order valence-electron chi connectivity index (χ1n) is 47.9. The minimum Gasteiger partial charge on any atom is -0.481 e. The van der Waals surface area contributed by atoms with E-state index in [0.717, 1.165) is 161 Å². The fraction of sp³-hybridized carbons (Fsp3) is 0.941. The summed E-state index contributed by atoms with van der Waals surface area (Å²) in [4.78, 5) is 73.3. The molecule has 15 aliphatic rings. The molecule has 0 radical (unpaired) electrons. The maximum Gasteiger partial charge on any atom is 0.317 e. The van der Waals surface area contributed by atoms with Crippen LogP contribution in [0.4, 0.5) is 0 Å². The monoisotopic (exact) mass is 1680 g/mol. The van der Waals surface area contributed by atoms with Crippen molar-refractivity contribution in [2.45, 2.75) is 462 Å². The highest BCUT2D eigenvalue weighted by molar-refractivity contribution is 5.90. The molecule has 19 heteroatoms. The lowest BCUT2D eigenvalue weighted by atomic mass is 9.35. The molecule has 5 N–H and O–H groups in total. The van der Waals surface area contributed by atoms with Gasteiger partial charge in [0.2, 0.25) is 0 Å². The van der Waals surface area contributed by atoms with Gasteiger partial charge in [-0.25, -0.2) is 0 Å². The van der Waals surface area contributed by atoms with Crippen LogP contribution in [-0.4, -0.2) is 150 Å². The molecule has 3 saturated heterocycles. The highest BCUT2D eigenvalue weighted by atomic mass is 16.6. The Kier molecular flexibility index (Phi) is 24.2. The first-order valence-corrected chi connectivity index (χ1v) is 47.9. The summed E-state index contributed by atoms with van der Waals surface area (Å²) in [6.07, 6.45) is 24.2. The number of fused-ring (bicyclic) bond motifs is 15. The third kappa shape index (κ3) is 14.9. The highest BCUT2D eigenvalue weighted by Gasteiger charge is 2.78. The Balaban J connectivity index is 0.000000156. The quantitative estimate of drug-likeness (QED) is 0.0651. The molecule has 0 aromatic rings. The lowest BCUT2D eigenvalue weighted by Gasteiger charge is -2.70. The van der Waals surface area contributed by atoms with Gasteiger partial charge in [-0.1, -0.05) is 104 Å². The van der Waals surface area contributed by atoms with E-state index in [-0.39, 0.29) is 196 Å². The molecule has 15 rings (SSSR count). The Morgan fingerprint density at radius 3 is 0.858 bits per heavy atom. The van der Waals surface area contributed by atoms with Crippen LogP contribution in [0.3, 0.4) is 0 Å². The summed E-state index contributed by atoms with van der Waals surface area (Å²) in [6, 6.07) is 0. The minimum absolute atomic E-state index is 0.0186. The zero-order valence-electron chi connectivity index (χ0n) is 79.9. The molecule has 12 aliphatic carbocycles. The first-order chi connectivity index (χ1) is 54.9. The van der Waals surface area contributed by atoms with Gasteiger partial charge in [-0.05, 0) is 343 Å². The molecule has 0 spiro atoms. The highest BCUT2D eigenvalue weighted by Crippen LogP contribution is 2.81. The van der Waals surface area contributed by atoms with Crippen molar-refractivity contribution in [2.75, 3.05) is 0 Å². The maximum absolute atomic E-state index is 12.6. The Labute approximate surface area is 722 Å². The summed E-state index contributed by atoms with van der Waals surface area (Å²) in [5.41, 5.74) is -3.71. The second kappa shape index (κ2) is 30.9. The number of hydrogen-bond acceptors (Lipinski definition) is 18. The number of hydrogen-bond donors (Lipinski definition) is 5. The van der Waals surface area contributed by atoms with Crippen LogP contribution in [0.1, 0.15) is 374 Å². The van der Waals surface area contributed by atoms with Gasteiger partial charge < -0.3 is 63.4 Å². The van der Waals surface area contributed by atoms with E-state index < -0.39 is 35.2 Å². The van der Waals surface area contributed by atoms with Gasteiger partial charge in [0.1, 0.15) is 36.9 Å². The van der Waals surface area contributed by atoms with E-state index in [0.29, 0.717) is 41.9 Å². The lowest BCUT2D eigenvalue weighted by molar-refractivity contribution is -0.254. The van der Waals surface area contributed by atoms with Gasteiger partial charge in [0.05, 0.1) is 58.0 Å². The minimum atomic E-state index is -1.17. The fourth-order valence-electron chi connectivity index (χ4n) is 35.0. The van der Waals surface area contributed by atoms with Gasteiger partial charge in [-0.15, -0.1) is 0 Å². The topological polar surface area (TPSA) is 277 Å². The summed E-state index contributed by atoms with van der Waals surface area (Å²) in [6.45, 7) is 60.1. The van der Waals surface area contributed by atoms with Crippen LogP contribution in [0.25, 0.3) is 0 Å². The summed E-state index contributed by atoms with van der Waals surface area (Å²) >= 11 is 0. The van der Waals surface area contributed by atoms with E-state index in [2.05, 4.69) is 125 Å². The van der Waals surface area contributed by atoms with Crippen LogP contribution in [0, 0.1) is 136 Å². The van der Waals surface area contributed by atoms with Crippen molar-refractivity contribution in [1.29, 1.82) is 0 Å². The third-order valence-electron chi connectivity index (χ3n) is 41.4. The number of carbonyl (C=O) groups excluding carboxylic acids is 5. The summed E-state index contributed by atoms with van der Waals surface area (Å²) in [5, 5.41) is 52.4. The van der Waals surface area contributed by atoms with Crippen molar-refractivity contribution in [2.24, 2.45) is 136 Å². The SMILES string of the molecule is CC(=O)OC1CC[C@@]2(C)C(CC[C@]3(C)C2C[C@@H](OC(C)=O)C2[C@@H]([C@@]4(C)CC[C@@H](C(C)(C)O)O4)CC[C@]23C)C1(C)C.CC(=O)O[C@@H]1CC2[C@@]3(C)CCC(O)C(C)(C)C3CC[C@@]2(C)[C@]2(C)CC[C@H]([C@@]3(C)CC[C@@H](C(C)(C)O)O3)C12.CC(=O)O[C@@H]1CC2[C@@]3(C)CCC(OC(=O)CC(=O)O)C(C)(C)C3CC[C@@]2(C)[C@]2(C)CC[C@H]([C@@]3(C)CC[C@@H](C(C)(C)O)O3)C12. The molecule has 0 aromatic carbocycles. The second-order valence-corrected chi connectivity index (χ2v) is 49.7. The van der Waals surface area contributed by atoms with E-state index in [1.54, 1.807) is 13.8 Å². The average molecular weight is 1680 g/mol. The number of carboxylic acid groups (broad SMARTS) is 1. The molecule has 3 aliphatic heterocycles. The van der Waals surface area contributed by atoms with Gasteiger partial charge in [0.25, 0.3) is 0 Å². The van der Waals surface area contributed by atoms with Crippen LogP contribution in [-0.2, 0) is 66.7 Å². The molecule has 3 heterocycles. The van der Waals surface area contributed by atoms with E-state index in [4.69, 9.17) is 43.0 Å². The number of ether oxygens (including phenoxy) is 8. The zero-order valence-corrected chi connectivity index (χ0v) is 79.9. The van der Waals surface area contributed by atoms with Crippen molar-refractivity contribution in [3.8, 4) is 0 Å². The number of aliphatic hydroxyl groups excluding tert-OH is 1. The van der Waals surface area contributed by atoms with E-state index >= 15 is 0 Å². The molecule has 0 amide bonds. The first kappa shape index (κ1) is 94.2. The smallest absolute Gasteiger partial charge is 0.317 e. The molecule has 12 saturated carbocycles. The van der Waals surface area contributed by atoms with Crippen LogP contribution < -0.4 is 0 Å². The van der Waals surface area contributed by atoms with Gasteiger partial charge in [0, 0.05) is 56.3 Å². The van der Waals surface area contributed by atoms with Crippen molar-refractivity contribution in [3.05, 3.63) is 0 Å². The molecule has 12 unspecified atom stereocenters. The molecule has 15 fully saturated rings. The zero-order chi connectivity index (χ0) is 89.0. The number of aliphatic hydroxyl groups is 4. The van der Waals surface area contributed by atoms with E-state index in [9.17, 15) is 49.2 Å². The summed E-state index contributed by atoms with van der Waals surface area (Å²) in [7, 11) is 0. The largest absolute Gasteiger partial charge is 0.481 e. The van der Waals surface area contributed by atoms with Crippen molar-refractivity contribution in [1.82, 2.24) is 0 Å². The van der Waals surface area contributed by atoms with Crippen LogP contribution >= 0.6 is 0 Å². The summed E-state index contributed by atoms with van der Waals surface area (Å²) in [5.74, 6) is 1.26. The van der Waals surface area contributed by atoms with Gasteiger partial charge >= 0.3 is 35.8 Å². The van der Waals surface area contributed by atoms with E-state index in [1.807, 2.05) is 41.5 Å². The molecule has 19 nitrogen and oxygen atoms in total. The predicted molar refractivity (Wildman–Crippen MR) is 460 cm³/mol. The van der Waals surface area contributed by atoms with Crippen molar-refractivity contribution < 1.29 is 92.2 Å². The Bertz CT molecular complexity index is 3860. The van der Waals surface area contributed by atoms with Gasteiger partial charge in [0.15, 0.2) is 0 Å². The number of carboxylic acids is 1. The van der Waals surface area contributed by atoms with Crippen molar-refractivity contribution in [3.63, 3.8) is 0 Å². The molecule has 120 heavy (non-hydrogen) atoms. The standard InChI is InChI=1S/C35H56O8.C34H56O6.C32H54O5/c1-20(36)41-22-18-24-32(6)14-12-25(42-28(39)19-27(37)38)30(2,3)23(32)11-16-33(24,7)34(8)15-10-21(29(22)34)35(9)17-13-26(43-35)31(4,5)40;1-20(35)38-23-19-25-31(7)15-13-26(39-21(2)36)29(3,4)24(31)12-17-32(25,8)33(9)16-11-22(28(23)33)34(10)18-14-27(40-34)30(5,6)37;1-19(33)36-21-18-23-29(6)14-12-24(34)27(2,3)22(29)11-16-30(23,7)31(8)15-10-20(26(21)31)32(9)17-13-25(37-32)28(4,5)35/h21-26,29,40H,10-19H2,1-9H3,(H,37,38);22-28,37H,11-19H2,1-10H3;20-26,34-35H,10-18H2,1-9H3/t21-,22+,23?,24?,25?,26-,29?,32-,33+,34+,35+;22-,23+,24?,25?,26?,27-,28?,31-,32+,33+,34+;20-,21+,22?,23?,24?,25-,26?,29-,30+,31+,32+/m000/s1. The van der Waals surface area contributed by atoms with Gasteiger partial charge in [-0.3, -0.25) is 28.8 Å². The van der Waals surface area contributed by atoms with Crippen LogP contribution in [0.2, 0.25) is 0 Å². The molecular formula is C101H166O19. The normalized spacial score (nSPS) is 50.0. The number of esters is 5. The average Bonchev–Trinajstić information content (AvgIpc) is 1.35. The second-order valence-electron chi connectivity index (χ2n) is 49.7. The molecule has 0 bridgehead atoms. The van der Waals surface area contributed by atoms with E-state index in [1.165, 1.54) is 20.3 Å². The fourth-order valence-corrected chi connectivity index (χ4v) is 35.0. The Morgan fingerprint density at radius 2 is 0.592 bits per heavy atom. The number of rotatable bonds is 13. The van der Waals surface area contributed by atoms with Crippen LogP contribution in [0.5, 0.6) is 0 Å². The van der Waals surface area contributed by atoms with Crippen LogP contribution in [0.15, 0.2) is 0 Å². The number of aliphatic carboxylic acids is 1. The Morgan fingerprint density at radius 1 is 0.325 bits per heavy atom. The molecule has 33 atom stereocenters. The molecule has 0 aromatic heterocycles. The third-order valence-corrected chi connectivity index (χ3v) is 41.4. The predicted octanol–water partition coefficient (Wildman–Crippen LogP) is 19.4. The maximum atomic E-state index is 12.6. The summed E-state index contributed by atoms with van der Waals surface area (Å²) < 4.78 is 50.9. The van der Waals surface area contributed by atoms with Gasteiger partial charge in [-0.2, -0.15) is 0 Å². The number of carbonyl (C=O) groups is 6. The van der Waals surface area contributed by atoms with Crippen molar-refractivity contribution >= 4 is 35.8 Å². The Hall–Kier alpha value is -3.46. The molecular weight excluding hydrogens is 1520 g/mol. The molecule has 684 valence electrons. The lowest BCUT2D eigenvalue weighted by Crippen LogP contribution is -2.67.